The van der Waals surface area contributed by atoms with Gasteiger partial charge in [0.2, 0.25) is 0 Å². The van der Waals surface area contributed by atoms with Crippen molar-refractivity contribution >= 4 is 0 Å². The van der Waals surface area contributed by atoms with Crippen LogP contribution in [0.3, 0.4) is 0 Å². The Hall–Kier alpha value is 0.490. The third kappa shape index (κ3) is 8.82. The van der Waals surface area contributed by atoms with E-state index >= 15 is 0 Å². The second-order valence-electron chi connectivity index (χ2n) is 1.28. The summed E-state index contributed by atoms with van der Waals surface area (Å²) in [5.41, 5.74) is 0. The Bertz CT molecular complexity index is 57.2. The standard InChI is InChI=1S/C4H7N.Na.H/c1-4(2)3-5;;/h4H,1-2H3;;/q;+1;-1. The van der Waals surface area contributed by atoms with Crippen LogP contribution in [0.15, 0.2) is 0 Å². The first kappa shape index (κ1) is 9.70. The molecule has 0 aliphatic rings. The summed E-state index contributed by atoms with van der Waals surface area (Å²) in [6, 6.07) is 2.03. The summed E-state index contributed by atoms with van der Waals surface area (Å²) in [7, 11) is 0. The molecule has 0 atom stereocenters. The first-order valence-electron chi connectivity index (χ1n) is 1.67. The Balaban J connectivity index is -0.0000000800. The Kier molecular flexibility index (Phi) is 8.88. The van der Waals surface area contributed by atoms with Gasteiger partial charge in [0.1, 0.15) is 0 Å². The quantitative estimate of drug-likeness (QED) is 0.327. The van der Waals surface area contributed by atoms with Gasteiger partial charge in [-0.05, 0) is 13.8 Å². The zero-order chi connectivity index (χ0) is 4.28. The van der Waals surface area contributed by atoms with Crippen molar-refractivity contribution in [3.8, 4) is 6.07 Å². The van der Waals surface area contributed by atoms with Crippen LogP contribution < -0.4 is 29.6 Å². The smallest absolute Gasteiger partial charge is 1.00 e. The summed E-state index contributed by atoms with van der Waals surface area (Å²) >= 11 is 0. The normalized spacial score (nSPS) is 6.33. The predicted octanol–water partition coefficient (Wildman–Crippen LogP) is -1.72. The van der Waals surface area contributed by atoms with Gasteiger partial charge in [-0.25, -0.2) is 0 Å². The number of hydrogen-bond donors (Lipinski definition) is 0. The molecule has 2 heteroatoms. The molecule has 0 unspecified atom stereocenters. The molecule has 0 N–H and O–H groups in total. The first-order valence-corrected chi connectivity index (χ1v) is 1.67. The van der Waals surface area contributed by atoms with Crippen molar-refractivity contribution in [3.05, 3.63) is 0 Å². The molecule has 0 bridgehead atoms. The molecule has 0 heterocycles. The summed E-state index contributed by atoms with van der Waals surface area (Å²) in [6.07, 6.45) is 0. The molecule has 0 spiro atoms. The van der Waals surface area contributed by atoms with Gasteiger partial charge in [-0.3, -0.25) is 0 Å². The van der Waals surface area contributed by atoms with E-state index in [0.717, 1.165) is 0 Å². The Morgan fingerprint density at radius 1 is 1.67 bits per heavy atom. The molecule has 0 aliphatic heterocycles. The molecule has 30 valence electrons. The minimum absolute atomic E-state index is 0. The summed E-state index contributed by atoms with van der Waals surface area (Å²) in [5, 5.41) is 7.89. The van der Waals surface area contributed by atoms with E-state index < -0.39 is 0 Å². The third-order valence-electron chi connectivity index (χ3n) is 0.258. The van der Waals surface area contributed by atoms with Crippen molar-refractivity contribution in [2.45, 2.75) is 13.8 Å². The van der Waals surface area contributed by atoms with Crippen LogP contribution in [0, 0.1) is 17.2 Å². The van der Waals surface area contributed by atoms with Gasteiger partial charge in [0.05, 0.1) is 6.07 Å². The van der Waals surface area contributed by atoms with Crippen LogP contribution in [-0.2, 0) is 0 Å². The van der Waals surface area contributed by atoms with Crippen molar-refractivity contribution in [2.75, 3.05) is 0 Å². The van der Waals surface area contributed by atoms with Gasteiger partial charge in [-0.1, -0.05) is 0 Å². The van der Waals surface area contributed by atoms with Crippen molar-refractivity contribution in [3.63, 3.8) is 0 Å². The molecule has 6 heavy (non-hydrogen) atoms. The fraction of sp³-hybridized carbons (Fsp3) is 0.750. The van der Waals surface area contributed by atoms with E-state index in [9.17, 15) is 0 Å². The number of hydrogen-bond acceptors (Lipinski definition) is 1. The molecule has 0 amide bonds. The number of nitriles is 1. The van der Waals surface area contributed by atoms with Gasteiger partial charge in [0.25, 0.3) is 0 Å². The van der Waals surface area contributed by atoms with Crippen LogP contribution in [0.2, 0.25) is 0 Å². The second-order valence-corrected chi connectivity index (χ2v) is 1.28. The average molecular weight is 93.1 g/mol. The van der Waals surface area contributed by atoms with E-state index in [1.807, 2.05) is 19.9 Å². The topological polar surface area (TPSA) is 23.8 Å². The maximum atomic E-state index is 7.89. The summed E-state index contributed by atoms with van der Waals surface area (Å²) in [5.74, 6) is 0.190. The molecular formula is C4H8NNa. The van der Waals surface area contributed by atoms with Crippen molar-refractivity contribution < 1.29 is 31.0 Å². The van der Waals surface area contributed by atoms with Gasteiger partial charge in [0, 0.05) is 5.92 Å². The second kappa shape index (κ2) is 5.49. The predicted molar refractivity (Wildman–Crippen MR) is 21.6 cm³/mol. The molecule has 0 aromatic heterocycles. The molecular weight excluding hydrogens is 85.0 g/mol. The Morgan fingerprint density at radius 3 is 1.83 bits per heavy atom. The monoisotopic (exact) mass is 93.1 g/mol. The molecule has 0 saturated heterocycles. The van der Waals surface area contributed by atoms with Crippen LogP contribution in [0.4, 0.5) is 0 Å². The summed E-state index contributed by atoms with van der Waals surface area (Å²) < 4.78 is 0. The zero-order valence-electron chi connectivity index (χ0n) is 5.52. The van der Waals surface area contributed by atoms with Gasteiger partial charge in [-0.15, -0.1) is 0 Å². The largest absolute Gasteiger partial charge is 1.00 e. The maximum Gasteiger partial charge on any atom is 1.00 e. The van der Waals surface area contributed by atoms with Crippen molar-refractivity contribution in [1.82, 2.24) is 0 Å². The molecule has 0 fully saturated rings. The van der Waals surface area contributed by atoms with E-state index in [1.54, 1.807) is 0 Å². The van der Waals surface area contributed by atoms with Crippen molar-refractivity contribution in [1.29, 1.82) is 5.26 Å². The fourth-order valence-electron chi connectivity index (χ4n) is 0. The van der Waals surface area contributed by atoms with E-state index in [4.69, 9.17) is 5.26 Å². The van der Waals surface area contributed by atoms with Gasteiger partial charge in [0.15, 0.2) is 0 Å². The van der Waals surface area contributed by atoms with Crippen molar-refractivity contribution in [2.24, 2.45) is 5.92 Å². The minimum Gasteiger partial charge on any atom is -1.00 e. The van der Waals surface area contributed by atoms with Crippen LogP contribution in [0.1, 0.15) is 15.3 Å². The molecule has 0 aromatic rings. The maximum absolute atomic E-state index is 7.89. The van der Waals surface area contributed by atoms with Gasteiger partial charge >= 0.3 is 29.6 Å². The summed E-state index contributed by atoms with van der Waals surface area (Å²) in [4.78, 5) is 0. The fourth-order valence-corrected chi connectivity index (χ4v) is 0. The minimum atomic E-state index is 0. The van der Waals surface area contributed by atoms with E-state index in [1.165, 1.54) is 0 Å². The van der Waals surface area contributed by atoms with Crippen LogP contribution in [0.25, 0.3) is 0 Å². The van der Waals surface area contributed by atoms with Crippen LogP contribution in [0.5, 0.6) is 0 Å². The van der Waals surface area contributed by atoms with E-state index in [0.29, 0.717) is 0 Å². The summed E-state index contributed by atoms with van der Waals surface area (Å²) in [6.45, 7) is 3.72. The molecule has 0 aliphatic carbocycles. The zero-order valence-corrected chi connectivity index (χ0v) is 6.52. The first-order chi connectivity index (χ1) is 2.27. The Morgan fingerprint density at radius 2 is 1.83 bits per heavy atom. The SMILES string of the molecule is CC(C)C#N.[H-].[Na+]. The van der Waals surface area contributed by atoms with Gasteiger partial charge < -0.3 is 1.43 Å². The van der Waals surface area contributed by atoms with Crippen LogP contribution in [-0.4, -0.2) is 0 Å². The number of rotatable bonds is 0. The number of nitrogens with zero attached hydrogens (tertiary/aromatic N) is 1. The molecule has 0 rings (SSSR count). The average Bonchev–Trinajstić information content (AvgIpc) is 1.38. The molecule has 0 saturated carbocycles. The molecule has 0 aromatic carbocycles. The Labute approximate surface area is 62.1 Å². The van der Waals surface area contributed by atoms with E-state index in [2.05, 4.69) is 0 Å². The van der Waals surface area contributed by atoms with Gasteiger partial charge in [-0.2, -0.15) is 5.26 Å². The third-order valence-corrected chi connectivity index (χ3v) is 0.258. The molecule has 1 nitrogen and oxygen atoms in total. The van der Waals surface area contributed by atoms with E-state index in [-0.39, 0.29) is 36.9 Å². The van der Waals surface area contributed by atoms with Crippen LogP contribution >= 0.6 is 0 Å². The molecule has 0 radical (unpaired) electrons.